The highest BCUT2D eigenvalue weighted by Crippen LogP contribution is 2.32. The SMILES string of the molecule is O=C(NCCC1CCCCO1)C1CCC2CCCCC2N1. The zero-order valence-electron chi connectivity index (χ0n) is 13.1. The molecule has 2 aliphatic heterocycles. The normalized spacial score (nSPS) is 36.8. The van der Waals surface area contributed by atoms with Crippen LogP contribution < -0.4 is 10.6 Å². The highest BCUT2D eigenvalue weighted by atomic mass is 16.5. The molecule has 0 aromatic rings. The fraction of sp³-hybridized carbons (Fsp3) is 0.941. The highest BCUT2D eigenvalue weighted by Gasteiger charge is 2.34. The van der Waals surface area contributed by atoms with E-state index in [-0.39, 0.29) is 11.9 Å². The molecule has 0 bridgehead atoms. The van der Waals surface area contributed by atoms with Crippen LogP contribution in [0.15, 0.2) is 0 Å². The van der Waals surface area contributed by atoms with Crippen molar-refractivity contribution in [2.45, 2.75) is 82.4 Å². The van der Waals surface area contributed by atoms with Crippen LogP contribution in [0.4, 0.5) is 0 Å². The molecule has 120 valence electrons. The third-order valence-corrected chi connectivity index (χ3v) is 5.51. The minimum atomic E-state index is 0.0385. The second-order valence-electron chi connectivity index (χ2n) is 7.02. The molecule has 3 fully saturated rings. The van der Waals surface area contributed by atoms with Crippen molar-refractivity contribution in [1.82, 2.24) is 10.6 Å². The predicted molar refractivity (Wildman–Crippen MR) is 83.1 cm³/mol. The fourth-order valence-electron chi connectivity index (χ4n) is 4.22. The number of carbonyl (C=O) groups is 1. The lowest BCUT2D eigenvalue weighted by atomic mass is 9.77. The summed E-state index contributed by atoms with van der Waals surface area (Å²) in [6.07, 6.45) is 12.5. The van der Waals surface area contributed by atoms with Crippen LogP contribution in [-0.4, -0.2) is 37.2 Å². The van der Waals surface area contributed by atoms with Crippen LogP contribution in [0, 0.1) is 5.92 Å². The topological polar surface area (TPSA) is 50.4 Å². The summed E-state index contributed by atoms with van der Waals surface area (Å²) in [5.74, 6) is 1.02. The lowest BCUT2D eigenvalue weighted by Crippen LogP contribution is -2.55. The number of amides is 1. The third kappa shape index (κ3) is 4.19. The van der Waals surface area contributed by atoms with Gasteiger partial charge < -0.3 is 15.4 Å². The summed E-state index contributed by atoms with van der Waals surface area (Å²) in [6.45, 7) is 1.65. The van der Waals surface area contributed by atoms with E-state index < -0.39 is 0 Å². The summed E-state index contributed by atoms with van der Waals surface area (Å²) < 4.78 is 5.71. The van der Waals surface area contributed by atoms with E-state index in [4.69, 9.17) is 4.74 Å². The summed E-state index contributed by atoms with van der Waals surface area (Å²) in [6, 6.07) is 0.626. The van der Waals surface area contributed by atoms with Crippen molar-refractivity contribution < 1.29 is 9.53 Å². The van der Waals surface area contributed by atoms with E-state index in [0.717, 1.165) is 38.3 Å². The maximum absolute atomic E-state index is 12.3. The van der Waals surface area contributed by atoms with Crippen LogP contribution in [0.5, 0.6) is 0 Å². The summed E-state index contributed by atoms with van der Waals surface area (Å²) in [7, 11) is 0. The summed E-state index contributed by atoms with van der Waals surface area (Å²) >= 11 is 0. The Morgan fingerprint density at radius 1 is 1.05 bits per heavy atom. The molecule has 1 amide bonds. The quantitative estimate of drug-likeness (QED) is 0.837. The molecule has 0 spiro atoms. The van der Waals surface area contributed by atoms with Crippen molar-refractivity contribution in [2.24, 2.45) is 5.92 Å². The Morgan fingerprint density at radius 3 is 2.76 bits per heavy atom. The Kier molecular flexibility index (Phi) is 5.53. The first-order valence-electron chi connectivity index (χ1n) is 8.98. The van der Waals surface area contributed by atoms with Crippen molar-refractivity contribution in [3.8, 4) is 0 Å². The number of hydrogen-bond donors (Lipinski definition) is 2. The molecule has 21 heavy (non-hydrogen) atoms. The molecule has 3 aliphatic rings. The predicted octanol–water partition coefficient (Wildman–Crippen LogP) is 2.37. The molecule has 1 aliphatic carbocycles. The average Bonchev–Trinajstić information content (AvgIpc) is 2.55. The van der Waals surface area contributed by atoms with E-state index in [9.17, 15) is 4.79 Å². The van der Waals surface area contributed by atoms with Crippen LogP contribution in [0.1, 0.15) is 64.2 Å². The largest absolute Gasteiger partial charge is 0.378 e. The molecular weight excluding hydrogens is 264 g/mol. The van der Waals surface area contributed by atoms with Crippen LogP contribution in [-0.2, 0) is 9.53 Å². The van der Waals surface area contributed by atoms with Crippen LogP contribution in [0.3, 0.4) is 0 Å². The average molecular weight is 294 g/mol. The van der Waals surface area contributed by atoms with Gasteiger partial charge in [-0.1, -0.05) is 12.8 Å². The number of carbonyl (C=O) groups excluding carboxylic acids is 1. The van der Waals surface area contributed by atoms with Gasteiger partial charge in [-0.2, -0.15) is 0 Å². The highest BCUT2D eigenvalue weighted by molar-refractivity contribution is 5.81. The Morgan fingerprint density at radius 2 is 1.90 bits per heavy atom. The minimum absolute atomic E-state index is 0.0385. The molecule has 4 unspecified atom stereocenters. The van der Waals surface area contributed by atoms with E-state index in [1.807, 2.05) is 0 Å². The molecule has 3 rings (SSSR count). The number of piperidine rings is 1. The van der Waals surface area contributed by atoms with Gasteiger partial charge in [-0.15, -0.1) is 0 Å². The van der Waals surface area contributed by atoms with Crippen molar-refractivity contribution in [3.63, 3.8) is 0 Å². The maximum Gasteiger partial charge on any atom is 0.237 e. The van der Waals surface area contributed by atoms with Gasteiger partial charge in [-0.25, -0.2) is 0 Å². The van der Waals surface area contributed by atoms with E-state index >= 15 is 0 Å². The molecular formula is C17H30N2O2. The van der Waals surface area contributed by atoms with Gasteiger partial charge in [-0.05, 0) is 57.3 Å². The Bertz CT molecular complexity index is 342. The summed E-state index contributed by atoms with van der Waals surface area (Å²) in [5.41, 5.74) is 0. The van der Waals surface area contributed by atoms with Gasteiger partial charge in [0, 0.05) is 19.2 Å². The Balaban J connectivity index is 1.37. The fourth-order valence-corrected chi connectivity index (χ4v) is 4.22. The van der Waals surface area contributed by atoms with Crippen LogP contribution in [0.25, 0.3) is 0 Å². The first-order chi connectivity index (χ1) is 10.3. The molecule has 4 atom stereocenters. The number of nitrogens with one attached hydrogen (secondary N) is 2. The van der Waals surface area contributed by atoms with E-state index in [0.29, 0.717) is 12.1 Å². The molecule has 2 N–H and O–H groups in total. The van der Waals surface area contributed by atoms with Gasteiger partial charge in [0.25, 0.3) is 0 Å². The lowest BCUT2D eigenvalue weighted by molar-refractivity contribution is -0.124. The smallest absolute Gasteiger partial charge is 0.237 e. The van der Waals surface area contributed by atoms with Gasteiger partial charge in [0.15, 0.2) is 0 Å². The first kappa shape index (κ1) is 15.3. The van der Waals surface area contributed by atoms with Gasteiger partial charge in [0.1, 0.15) is 0 Å². The van der Waals surface area contributed by atoms with Crippen molar-refractivity contribution in [2.75, 3.05) is 13.2 Å². The van der Waals surface area contributed by atoms with Gasteiger partial charge >= 0.3 is 0 Å². The third-order valence-electron chi connectivity index (χ3n) is 5.51. The van der Waals surface area contributed by atoms with E-state index in [1.165, 1.54) is 44.9 Å². The maximum atomic E-state index is 12.3. The van der Waals surface area contributed by atoms with Crippen LogP contribution in [0.2, 0.25) is 0 Å². The van der Waals surface area contributed by atoms with E-state index in [2.05, 4.69) is 10.6 Å². The molecule has 0 aromatic carbocycles. The second kappa shape index (κ2) is 7.59. The van der Waals surface area contributed by atoms with Crippen molar-refractivity contribution >= 4 is 5.91 Å². The monoisotopic (exact) mass is 294 g/mol. The molecule has 4 heteroatoms. The standard InChI is InChI=1S/C17H30N2O2/c20-17(18-11-10-14-6-3-4-12-21-14)16-9-8-13-5-1-2-7-15(13)19-16/h13-16,19H,1-12H2,(H,18,20). The van der Waals surface area contributed by atoms with Crippen molar-refractivity contribution in [1.29, 1.82) is 0 Å². The van der Waals surface area contributed by atoms with Crippen molar-refractivity contribution in [3.05, 3.63) is 0 Å². The zero-order valence-corrected chi connectivity index (χ0v) is 13.1. The zero-order chi connectivity index (χ0) is 14.5. The van der Waals surface area contributed by atoms with E-state index in [1.54, 1.807) is 0 Å². The van der Waals surface area contributed by atoms with Gasteiger partial charge in [-0.3, -0.25) is 4.79 Å². The number of ether oxygens (including phenoxy) is 1. The van der Waals surface area contributed by atoms with Gasteiger partial charge in [0.05, 0.1) is 12.1 Å². The lowest BCUT2D eigenvalue weighted by Gasteiger charge is -2.39. The first-order valence-corrected chi connectivity index (χ1v) is 8.98. The second-order valence-corrected chi connectivity index (χ2v) is 7.02. The van der Waals surface area contributed by atoms with Crippen LogP contribution >= 0.6 is 0 Å². The molecule has 0 radical (unpaired) electrons. The number of hydrogen-bond acceptors (Lipinski definition) is 3. The molecule has 2 heterocycles. The molecule has 2 saturated heterocycles. The minimum Gasteiger partial charge on any atom is -0.378 e. The Hall–Kier alpha value is -0.610. The molecule has 0 aromatic heterocycles. The Labute approximate surface area is 128 Å². The molecule has 4 nitrogen and oxygen atoms in total. The summed E-state index contributed by atoms with van der Waals surface area (Å²) in [4.78, 5) is 12.3. The van der Waals surface area contributed by atoms with Gasteiger partial charge in [0.2, 0.25) is 5.91 Å². The number of rotatable bonds is 4. The number of fused-ring (bicyclic) bond motifs is 1. The molecule has 1 saturated carbocycles. The summed E-state index contributed by atoms with van der Waals surface area (Å²) in [5, 5.41) is 6.71.